The van der Waals surface area contributed by atoms with Crippen molar-refractivity contribution in [1.82, 2.24) is 4.98 Å². The highest BCUT2D eigenvalue weighted by Gasteiger charge is 2.05. The summed E-state index contributed by atoms with van der Waals surface area (Å²) in [6, 6.07) is 6.15. The Bertz CT molecular complexity index is 477. The lowest BCUT2D eigenvalue weighted by Gasteiger charge is -2.07. The average molecular weight is 299 g/mol. The lowest BCUT2D eigenvalue weighted by Crippen LogP contribution is -1.91. The molecule has 0 aliphatic heterocycles. The fourth-order valence-electron chi connectivity index (χ4n) is 1.51. The van der Waals surface area contributed by atoms with Crippen molar-refractivity contribution in [2.45, 2.75) is 6.92 Å². The number of hydrogen-bond donors (Lipinski definition) is 0. The second-order valence-electron chi connectivity index (χ2n) is 3.14. The topological polar surface area (TPSA) is 22.1 Å². The van der Waals surface area contributed by atoms with Crippen LogP contribution in [0.1, 0.15) is 5.56 Å². The van der Waals surface area contributed by atoms with Gasteiger partial charge >= 0.3 is 0 Å². The summed E-state index contributed by atoms with van der Waals surface area (Å²) in [7, 11) is 1.70. The van der Waals surface area contributed by atoms with E-state index in [4.69, 9.17) is 4.74 Å². The van der Waals surface area contributed by atoms with E-state index in [1.54, 1.807) is 7.11 Å². The molecule has 0 saturated carbocycles. The number of aromatic nitrogens is 1. The summed E-state index contributed by atoms with van der Waals surface area (Å²) in [5.41, 5.74) is 2.05. The molecule has 2 rings (SSSR count). The number of rotatable bonds is 1. The molecule has 3 heteroatoms. The number of methoxy groups -OCH3 is 1. The van der Waals surface area contributed by atoms with E-state index < -0.39 is 0 Å². The molecule has 72 valence electrons. The third-order valence-corrected chi connectivity index (χ3v) is 2.83. The molecule has 0 bridgehead atoms. The maximum absolute atomic E-state index is 5.37. The molecule has 0 N–H and O–H groups in total. The van der Waals surface area contributed by atoms with Gasteiger partial charge in [-0.15, -0.1) is 0 Å². The van der Waals surface area contributed by atoms with Crippen LogP contribution in [-0.4, -0.2) is 12.1 Å². The lowest BCUT2D eigenvalue weighted by molar-refractivity contribution is 0.416. The van der Waals surface area contributed by atoms with Crippen molar-refractivity contribution in [1.29, 1.82) is 0 Å². The molecule has 0 spiro atoms. The molecule has 0 amide bonds. The highest BCUT2D eigenvalue weighted by molar-refractivity contribution is 14.1. The third-order valence-electron chi connectivity index (χ3n) is 2.16. The van der Waals surface area contributed by atoms with Crippen LogP contribution >= 0.6 is 22.6 Å². The van der Waals surface area contributed by atoms with Crippen LogP contribution in [0, 0.1) is 10.5 Å². The lowest BCUT2D eigenvalue weighted by atomic mass is 10.1. The highest BCUT2D eigenvalue weighted by atomic mass is 127. The second-order valence-corrected chi connectivity index (χ2v) is 4.38. The number of ether oxygens (including phenoxy) is 1. The predicted octanol–water partition coefficient (Wildman–Crippen LogP) is 3.16. The molecule has 1 aromatic carbocycles. The first kappa shape index (κ1) is 9.71. The minimum Gasteiger partial charge on any atom is -0.496 e. The number of halogens is 1. The molecule has 2 nitrogen and oxygen atoms in total. The van der Waals surface area contributed by atoms with Gasteiger partial charge in [0, 0.05) is 20.7 Å². The van der Waals surface area contributed by atoms with Gasteiger partial charge < -0.3 is 4.74 Å². The third kappa shape index (κ3) is 1.56. The van der Waals surface area contributed by atoms with Crippen molar-refractivity contribution >= 4 is 33.5 Å². The quantitative estimate of drug-likeness (QED) is 0.755. The minimum absolute atomic E-state index is 0.925. The Morgan fingerprint density at radius 3 is 2.86 bits per heavy atom. The van der Waals surface area contributed by atoms with Crippen molar-refractivity contribution in [3.05, 3.63) is 33.5 Å². The predicted molar refractivity (Wildman–Crippen MR) is 65.7 cm³/mol. The summed E-state index contributed by atoms with van der Waals surface area (Å²) >= 11 is 2.29. The van der Waals surface area contributed by atoms with Gasteiger partial charge in [-0.05, 0) is 47.7 Å². The Balaban J connectivity index is 2.84. The molecule has 0 atom stereocenters. The van der Waals surface area contributed by atoms with Crippen molar-refractivity contribution < 1.29 is 4.74 Å². The van der Waals surface area contributed by atoms with E-state index in [0.717, 1.165) is 22.2 Å². The molecule has 14 heavy (non-hydrogen) atoms. The zero-order valence-electron chi connectivity index (χ0n) is 8.04. The van der Waals surface area contributed by atoms with Crippen molar-refractivity contribution in [3.63, 3.8) is 0 Å². The average Bonchev–Trinajstić information content (AvgIpc) is 2.17. The number of benzene rings is 1. The fourth-order valence-corrected chi connectivity index (χ4v) is 2.00. The van der Waals surface area contributed by atoms with E-state index in [0.29, 0.717) is 0 Å². The Morgan fingerprint density at radius 1 is 1.36 bits per heavy atom. The molecule has 0 fully saturated rings. The zero-order valence-corrected chi connectivity index (χ0v) is 10.2. The molecule has 0 radical (unpaired) electrons. The second kappa shape index (κ2) is 3.73. The van der Waals surface area contributed by atoms with Gasteiger partial charge in [0.15, 0.2) is 0 Å². The molecule has 1 heterocycles. The standard InChI is InChI=1S/C11H10INO/c1-7-6-13-10-4-3-8(12)5-9(10)11(7)14-2/h3-6H,1-2H3. The number of pyridine rings is 1. The molecule has 0 unspecified atom stereocenters. The molecule has 0 aliphatic carbocycles. The zero-order chi connectivity index (χ0) is 10.1. The van der Waals surface area contributed by atoms with E-state index in [-0.39, 0.29) is 0 Å². The SMILES string of the molecule is COc1c(C)cnc2ccc(I)cc12. The van der Waals surface area contributed by atoms with Crippen LogP contribution in [0.4, 0.5) is 0 Å². The largest absolute Gasteiger partial charge is 0.496 e. The van der Waals surface area contributed by atoms with Crippen LogP contribution in [0.3, 0.4) is 0 Å². The molecule has 0 aliphatic rings. The van der Waals surface area contributed by atoms with E-state index in [1.807, 2.05) is 25.3 Å². The van der Waals surface area contributed by atoms with E-state index in [2.05, 4.69) is 33.6 Å². The van der Waals surface area contributed by atoms with Gasteiger partial charge in [-0.2, -0.15) is 0 Å². The highest BCUT2D eigenvalue weighted by Crippen LogP contribution is 2.28. The summed E-state index contributed by atoms with van der Waals surface area (Å²) in [5.74, 6) is 0.925. The summed E-state index contributed by atoms with van der Waals surface area (Å²) in [4.78, 5) is 4.35. The van der Waals surface area contributed by atoms with E-state index in [9.17, 15) is 0 Å². The maximum Gasteiger partial charge on any atom is 0.132 e. The van der Waals surface area contributed by atoms with Crippen LogP contribution in [0.15, 0.2) is 24.4 Å². The molecular weight excluding hydrogens is 289 g/mol. The van der Waals surface area contributed by atoms with Crippen LogP contribution < -0.4 is 4.74 Å². The summed E-state index contributed by atoms with van der Waals surface area (Å²) < 4.78 is 6.57. The molecular formula is C11H10INO. The van der Waals surface area contributed by atoms with Gasteiger partial charge in [0.05, 0.1) is 12.6 Å². The van der Waals surface area contributed by atoms with Crippen LogP contribution in [0.5, 0.6) is 5.75 Å². The van der Waals surface area contributed by atoms with E-state index >= 15 is 0 Å². The van der Waals surface area contributed by atoms with Gasteiger partial charge in [0.2, 0.25) is 0 Å². The monoisotopic (exact) mass is 299 g/mol. The van der Waals surface area contributed by atoms with Crippen molar-refractivity contribution in [3.8, 4) is 5.75 Å². The van der Waals surface area contributed by atoms with E-state index in [1.165, 1.54) is 3.57 Å². The Labute approximate surface area is 96.4 Å². The number of aryl methyl sites for hydroxylation is 1. The molecule has 2 aromatic rings. The Kier molecular flexibility index (Phi) is 2.58. The smallest absolute Gasteiger partial charge is 0.132 e. The number of nitrogens with zero attached hydrogens (tertiary/aromatic N) is 1. The van der Waals surface area contributed by atoms with Gasteiger partial charge in [0.25, 0.3) is 0 Å². The number of fused-ring (bicyclic) bond motifs is 1. The molecule has 0 saturated heterocycles. The Hall–Kier alpha value is -0.840. The van der Waals surface area contributed by atoms with Gasteiger partial charge in [0.1, 0.15) is 5.75 Å². The minimum atomic E-state index is 0.925. The van der Waals surface area contributed by atoms with Crippen molar-refractivity contribution in [2.75, 3.05) is 7.11 Å². The fraction of sp³-hybridized carbons (Fsp3) is 0.182. The number of hydrogen-bond acceptors (Lipinski definition) is 2. The summed E-state index contributed by atoms with van der Waals surface area (Å²) in [5, 5.41) is 1.08. The maximum atomic E-state index is 5.37. The first-order chi connectivity index (χ1) is 6.72. The van der Waals surface area contributed by atoms with Crippen LogP contribution in [0.2, 0.25) is 0 Å². The van der Waals surface area contributed by atoms with Gasteiger partial charge in [-0.1, -0.05) is 0 Å². The summed E-state index contributed by atoms with van der Waals surface area (Å²) in [6.45, 7) is 2.01. The van der Waals surface area contributed by atoms with Crippen LogP contribution in [-0.2, 0) is 0 Å². The first-order valence-electron chi connectivity index (χ1n) is 4.31. The summed E-state index contributed by atoms with van der Waals surface area (Å²) in [6.07, 6.45) is 1.84. The molecule has 1 aromatic heterocycles. The van der Waals surface area contributed by atoms with Crippen LogP contribution in [0.25, 0.3) is 10.9 Å². The first-order valence-corrected chi connectivity index (χ1v) is 5.39. The van der Waals surface area contributed by atoms with Gasteiger partial charge in [-0.3, -0.25) is 4.98 Å². The normalized spacial score (nSPS) is 10.5. The van der Waals surface area contributed by atoms with Crippen molar-refractivity contribution in [2.24, 2.45) is 0 Å². The van der Waals surface area contributed by atoms with Gasteiger partial charge in [-0.25, -0.2) is 0 Å². The Morgan fingerprint density at radius 2 is 2.14 bits per heavy atom.